The van der Waals surface area contributed by atoms with Crippen molar-refractivity contribution in [1.82, 2.24) is 19.7 Å². The van der Waals surface area contributed by atoms with Gasteiger partial charge in [-0.05, 0) is 43.4 Å². The molecule has 0 aliphatic carbocycles. The molecule has 3 aromatic rings. The van der Waals surface area contributed by atoms with Gasteiger partial charge in [-0.3, -0.25) is 19.8 Å². The number of H-pyrrole nitrogens is 1. The Morgan fingerprint density at radius 3 is 2.93 bits per heavy atom. The summed E-state index contributed by atoms with van der Waals surface area (Å²) in [6, 6.07) is 7.26. The van der Waals surface area contributed by atoms with Gasteiger partial charge in [0.2, 0.25) is 0 Å². The lowest BCUT2D eigenvalue weighted by atomic mass is 10.3. The highest BCUT2D eigenvalue weighted by molar-refractivity contribution is 9.10. The van der Waals surface area contributed by atoms with Crippen LogP contribution in [-0.2, 0) is 11.3 Å². The number of aromatic nitrogens is 4. The van der Waals surface area contributed by atoms with Crippen LogP contribution in [0, 0.1) is 11.7 Å². The van der Waals surface area contributed by atoms with Gasteiger partial charge in [0.1, 0.15) is 5.75 Å². The Hall–Kier alpha value is -2.30. The van der Waals surface area contributed by atoms with E-state index in [-0.39, 0.29) is 12.5 Å². The van der Waals surface area contributed by atoms with Crippen LogP contribution in [0.2, 0.25) is 0 Å². The number of nitrogens with one attached hydrogen (secondary N) is 2. The fraction of sp³-hybridized carbons (Fsp3) is 0.176. The molecule has 27 heavy (non-hydrogen) atoms. The third-order valence-corrected chi connectivity index (χ3v) is 5.41. The Labute approximate surface area is 173 Å². The third kappa shape index (κ3) is 4.71. The summed E-state index contributed by atoms with van der Waals surface area (Å²) in [7, 11) is 0. The van der Waals surface area contributed by atoms with Gasteiger partial charge in [-0.25, -0.2) is 4.98 Å². The molecule has 0 aliphatic heterocycles. The molecule has 0 saturated carbocycles. The zero-order valence-electron chi connectivity index (χ0n) is 14.4. The van der Waals surface area contributed by atoms with E-state index in [1.807, 2.05) is 23.6 Å². The Bertz CT molecular complexity index is 1020. The van der Waals surface area contributed by atoms with Crippen LogP contribution in [0.5, 0.6) is 5.75 Å². The summed E-state index contributed by atoms with van der Waals surface area (Å²) in [5.74, 6) is 0.994. The summed E-state index contributed by atoms with van der Waals surface area (Å²) in [5, 5.41) is 10.3. The van der Waals surface area contributed by atoms with Crippen molar-refractivity contribution < 1.29 is 9.53 Å². The highest BCUT2D eigenvalue weighted by atomic mass is 79.9. The number of benzene rings is 1. The van der Waals surface area contributed by atoms with E-state index in [2.05, 4.69) is 43.0 Å². The van der Waals surface area contributed by atoms with Crippen molar-refractivity contribution in [2.45, 2.75) is 13.5 Å². The second kappa shape index (κ2) is 8.59. The maximum absolute atomic E-state index is 12.1. The number of carbonyl (C=O) groups excluding carboxylic acids is 1. The first-order valence-electron chi connectivity index (χ1n) is 7.90. The van der Waals surface area contributed by atoms with Crippen molar-refractivity contribution in [3.63, 3.8) is 0 Å². The number of hydrogen-bond donors (Lipinski definition) is 2. The molecule has 10 heteroatoms. The normalized spacial score (nSPS) is 10.6. The van der Waals surface area contributed by atoms with Crippen LogP contribution in [0.3, 0.4) is 0 Å². The molecular formula is C17H16BrN5O2S2. The molecule has 0 saturated heterocycles. The minimum atomic E-state index is -0.289. The lowest BCUT2D eigenvalue weighted by Gasteiger charge is -2.05. The minimum Gasteiger partial charge on any atom is -0.484 e. The first-order chi connectivity index (χ1) is 13.0. The molecule has 0 bridgehead atoms. The van der Waals surface area contributed by atoms with E-state index >= 15 is 0 Å². The van der Waals surface area contributed by atoms with Crippen LogP contribution >= 0.6 is 39.5 Å². The summed E-state index contributed by atoms with van der Waals surface area (Å²) < 4.78 is 8.74. The number of thiazole rings is 1. The van der Waals surface area contributed by atoms with Crippen molar-refractivity contribution in [1.29, 1.82) is 0 Å². The van der Waals surface area contributed by atoms with Crippen LogP contribution < -0.4 is 10.1 Å². The fourth-order valence-corrected chi connectivity index (χ4v) is 3.73. The average molecular weight is 466 g/mol. The van der Waals surface area contributed by atoms with E-state index in [1.165, 1.54) is 11.3 Å². The van der Waals surface area contributed by atoms with Gasteiger partial charge in [-0.1, -0.05) is 33.3 Å². The van der Waals surface area contributed by atoms with E-state index in [1.54, 1.807) is 18.2 Å². The number of halogens is 1. The quantitative estimate of drug-likeness (QED) is 0.400. The third-order valence-electron chi connectivity index (χ3n) is 3.50. The Kier molecular flexibility index (Phi) is 6.19. The summed E-state index contributed by atoms with van der Waals surface area (Å²) >= 11 is 9.92. The van der Waals surface area contributed by atoms with Crippen molar-refractivity contribution in [2.24, 2.45) is 0 Å². The number of allylic oxidation sites excluding steroid dienone is 1. The summed E-state index contributed by atoms with van der Waals surface area (Å²) in [5.41, 5.74) is 0.753. The predicted octanol–water partition coefficient (Wildman–Crippen LogP) is 4.34. The topological polar surface area (TPSA) is 84.8 Å². The molecule has 0 aliphatic rings. The molecule has 0 unspecified atom stereocenters. The number of ether oxygens (including phenoxy) is 1. The molecule has 2 N–H and O–H groups in total. The van der Waals surface area contributed by atoms with Crippen LogP contribution in [0.25, 0.3) is 10.7 Å². The van der Waals surface area contributed by atoms with E-state index in [0.717, 1.165) is 15.0 Å². The fourth-order valence-electron chi connectivity index (χ4n) is 2.28. The first kappa shape index (κ1) is 19.5. The lowest BCUT2D eigenvalue weighted by Crippen LogP contribution is -2.20. The van der Waals surface area contributed by atoms with Crippen molar-refractivity contribution in [2.75, 3.05) is 11.9 Å². The molecule has 7 nitrogen and oxygen atoms in total. The molecule has 2 heterocycles. The average Bonchev–Trinajstić information content (AvgIpc) is 3.17. The predicted molar refractivity (Wildman–Crippen MR) is 112 cm³/mol. The summed E-state index contributed by atoms with van der Waals surface area (Å²) in [6.07, 6.45) is 1.74. The highest BCUT2D eigenvalue weighted by Gasteiger charge is 2.17. The maximum Gasteiger partial charge on any atom is 0.264 e. The van der Waals surface area contributed by atoms with Gasteiger partial charge in [-0.15, -0.1) is 6.58 Å². The van der Waals surface area contributed by atoms with Gasteiger partial charge in [0.25, 0.3) is 5.91 Å². The number of aryl methyl sites for hydroxylation is 1. The highest BCUT2D eigenvalue weighted by Crippen LogP contribution is 2.31. The second-order valence-corrected chi connectivity index (χ2v) is 7.78. The second-order valence-electron chi connectivity index (χ2n) is 5.48. The lowest BCUT2D eigenvalue weighted by molar-refractivity contribution is -0.118. The molecule has 140 valence electrons. The maximum atomic E-state index is 12.1. The van der Waals surface area contributed by atoms with E-state index < -0.39 is 0 Å². The van der Waals surface area contributed by atoms with Gasteiger partial charge in [0, 0.05) is 11.0 Å². The molecule has 1 amide bonds. The van der Waals surface area contributed by atoms with Gasteiger partial charge in [-0.2, -0.15) is 5.10 Å². The minimum absolute atomic E-state index is 0.106. The van der Waals surface area contributed by atoms with Gasteiger partial charge < -0.3 is 4.74 Å². The molecule has 0 atom stereocenters. The number of carbonyl (C=O) groups is 1. The first-order valence-corrected chi connectivity index (χ1v) is 9.92. The molecule has 0 radical (unpaired) electrons. The SMILES string of the molecule is C=CCn1c(-c2sc(NC(=O)COc3ccc(Br)cc3)nc2C)n[nH]c1=S. The molecule has 3 rings (SSSR count). The largest absolute Gasteiger partial charge is 0.484 e. The van der Waals surface area contributed by atoms with Crippen LogP contribution in [0.1, 0.15) is 5.69 Å². The van der Waals surface area contributed by atoms with E-state index in [9.17, 15) is 4.79 Å². The Morgan fingerprint density at radius 2 is 2.22 bits per heavy atom. The van der Waals surface area contributed by atoms with Crippen molar-refractivity contribution >= 4 is 50.5 Å². The molecule has 0 fully saturated rings. The van der Waals surface area contributed by atoms with Crippen LogP contribution in [-0.4, -0.2) is 32.3 Å². The Balaban J connectivity index is 1.69. The van der Waals surface area contributed by atoms with E-state index in [4.69, 9.17) is 17.0 Å². The van der Waals surface area contributed by atoms with Crippen LogP contribution in [0.4, 0.5) is 5.13 Å². The zero-order valence-corrected chi connectivity index (χ0v) is 17.6. The Morgan fingerprint density at radius 1 is 1.48 bits per heavy atom. The molecule has 1 aromatic carbocycles. The number of amides is 1. The van der Waals surface area contributed by atoms with E-state index in [0.29, 0.717) is 28.0 Å². The molecule has 0 spiro atoms. The number of rotatable bonds is 7. The standard InChI is InChI=1S/C17H16BrN5O2S2/c1-3-8-23-15(21-22-17(23)26)14-10(2)19-16(27-14)20-13(24)9-25-12-6-4-11(18)5-7-12/h3-7H,1,8-9H2,2H3,(H,22,26)(H,19,20,24). The number of aromatic amines is 1. The summed E-state index contributed by atoms with van der Waals surface area (Å²) in [6.45, 7) is 6.02. The molecular weight excluding hydrogens is 450 g/mol. The van der Waals surface area contributed by atoms with Crippen molar-refractivity contribution in [3.05, 3.63) is 51.9 Å². The number of anilines is 1. The molecule has 2 aromatic heterocycles. The summed E-state index contributed by atoms with van der Waals surface area (Å²) in [4.78, 5) is 17.4. The zero-order chi connectivity index (χ0) is 19.4. The van der Waals surface area contributed by atoms with Crippen molar-refractivity contribution in [3.8, 4) is 16.5 Å². The smallest absolute Gasteiger partial charge is 0.264 e. The number of nitrogens with zero attached hydrogens (tertiary/aromatic N) is 3. The van der Waals surface area contributed by atoms with Gasteiger partial charge >= 0.3 is 0 Å². The van der Waals surface area contributed by atoms with Gasteiger partial charge in [0.15, 0.2) is 22.3 Å². The number of hydrogen-bond acceptors (Lipinski definition) is 6. The van der Waals surface area contributed by atoms with Crippen LogP contribution in [0.15, 0.2) is 41.4 Å². The van der Waals surface area contributed by atoms with Gasteiger partial charge in [0.05, 0.1) is 10.6 Å². The monoisotopic (exact) mass is 465 g/mol.